The molecule has 0 heterocycles. The summed E-state index contributed by atoms with van der Waals surface area (Å²) in [5.41, 5.74) is 1.24. The zero-order chi connectivity index (χ0) is 14.4. The third kappa shape index (κ3) is 4.24. The van der Waals surface area contributed by atoms with Crippen molar-refractivity contribution in [2.24, 2.45) is 0 Å². The molecule has 106 valence electrons. The molecule has 0 fully saturated rings. The molecule has 0 saturated carbocycles. The third-order valence-electron chi connectivity index (χ3n) is 3.13. The first-order valence-corrected chi connectivity index (χ1v) is 6.70. The average Bonchev–Trinajstić information content (AvgIpc) is 2.37. The Morgan fingerprint density at radius 2 is 1.89 bits per heavy atom. The van der Waals surface area contributed by atoms with Crippen LogP contribution in [-0.4, -0.2) is 54.5 Å². The number of rotatable bonds is 6. The summed E-state index contributed by atoms with van der Waals surface area (Å²) in [6, 6.07) is 5.09. The first-order valence-electron chi connectivity index (χ1n) is 6.70. The molecule has 1 aromatic carbocycles. The van der Waals surface area contributed by atoms with Crippen LogP contribution in [0, 0.1) is 6.92 Å². The van der Waals surface area contributed by atoms with Gasteiger partial charge in [-0.25, -0.2) is 0 Å². The molecule has 4 heteroatoms. The minimum absolute atomic E-state index is 0.00269. The lowest BCUT2D eigenvalue weighted by Gasteiger charge is -2.24. The second-order valence-corrected chi connectivity index (χ2v) is 5.05. The molecule has 1 aromatic rings. The molecule has 0 aliphatic rings. The maximum Gasteiger partial charge on any atom is 0.254 e. The van der Waals surface area contributed by atoms with Crippen molar-refractivity contribution in [3.63, 3.8) is 0 Å². The number of amides is 1. The van der Waals surface area contributed by atoms with Gasteiger partial charge in [0.15, 0.2) is 0 Å². The summed E-state index contributed by atoms with van der Waals surface area (Å²) in [4.78, 5) is 16.4. The van der Waals surface area contributed by atoms with Crippen molar-refractivity contribution in [1.29, 1.82) is 0 Å². The van der Waals surface area contributed by atoms with E-state index in [1.807, 2.05) is 19.0 Å². The van der Waals surface area contributed by atoms with E-state index in [1.165, 1.54) is 0 Å². The van der Waals surface area contributed by atoms with Crippen LogP contribution >= 0.6 is 0 Å². The SMILES string of the molecule is CCCN(CCN(C)C)C(=O)c1cccc(O)c1C. The Kier molecular flexibility index (Phi) is 5.83. The first kappa shape index (κ1) is 15.5. The number of carbonyl (C=O) groups is 1. The van der Waals surface area contributed by atoms with Crippen molar-refractivity contribution in [2.75, 3.05) is 33.7 Å². The summed E-state index contributed by atoms with van der Waals surface area (Å²) in [5.74, 6) is 0.173. The number of phenolic OH excluding ortho intramolecular Hbond substituents is 1. The van der Waals surface area contributed by atoms with Crippen molar-refractivity contribution in [3.8, 4) is 5.75 Å². The summed E-state index contributed by atoms with van der Waals surface area (Å²) in [7, 11) is 3.99. The quantitative estimate of drug-likeness (QED) is 0.856. The van der Waals surface area contributed by atoms with E-state index in [0.29, 0.717) is 17.7 Å². The number of benzene rings is 1. The number of nitrogens with zero attached hydrogens (tertiary/aromatic N) is 2. The van der Waals surface area contributed by atoms with Crippen LogP contribution in [0.4, 0.5) is 0 Å². The second kappa shape index (κ2) is 7.14. The molecule has 19 heavy (non-hydrogen) atoms. The number of aromatic hydroxyl groups is 1. The van der Waals surface area contributed by atoms with Gasteiger partial charge in [-0.15, -0.1) is 0 Å². The standard InChI is InChI=1S/C15H24N2O2/c1-5-9-17(11-10-16(3)4)15(19)13-7-6-8-14(18)12(13)2/h6-8,18H,5,9-11H2,1-4H3. The number of carbonyl (C=O) groups excluding carboxylic acids is 1. The molecule has 1 amide bonds. The van der Waals surface area contributed by atoms with Crippen LogP contribution in [0.3, 0.4) is 0 Å². The van der Waals surface area contributed by atoms with Gasteiger partial charge in [0.05, 0.1) is 0 Å². The van der Waals surface area contributed by atoms with Gasteiger partial charge in [-0.3, -0.25) is 4.79 Å². The summed E-state index contributed by atoms with van der Waals surface area (Å²) in [5, 5.41) is 9.70. The van der Waals surface area contributed by atoms with Crippen molar-refractivity contribution in [1.82, 2.24) is 9.80 Å². The lowest BCUT2D eigenvalue weighted by molar-refractivity contribution is 0.0743. The third-order valence-corrected chi connectivity index (χ3v) is 3.13. The van der Waals surface area contributed by atoms with E-state index in [0.717, 1.165) is 19.5 Å². The molecule has 0 aromatic heterocycles. The number of hydrogen-bond acceptors (Lipinski definition) is 3. The van der Waals surface area contributed by atoms with Crippen molar-refractivity contribution in [2.45, 2.75) is 20.3 Å². The van der Waals surface area contributed by atoms with Crippen molar-refractivity contribution < 1.29 is 9.90 Å². The summed E-state index contributed by atoms with van der Waals surface area (Å²) >= 11 is 0. The van der Waals surface area contributed by atoms with Gasteiger partial charge in [0.2, 0.25) is 0 Å². The molecule has 1 rings (SSSR count). The Labute approximate surface area is 115 Å². The topological polar surface area (TPSA) is 43.8 Å². The molecule has 0 spiro atoms. The predicted octanol–water partition coefficient (Wildman–Crippen LogP) is 2.11. The van der Waals surface area contributed by atoms with Gasteiger partial charge in [-0.1, -0.05) is 13.0 Å². The van der Waals surface area contributed by atoms with Crippen LogP contribution in [0.25, 0.3) is 0 Å². The highest BCUT2D eigenvalue weighted by Gasteiger charge is 2.18. The Balaban J connectivity index is 2.89. The number of phenols is 1. The molecule has 1 N–H and O–H groups in total. The molecule has 0 unspecified atom stereocenters. The van der Waals surface area contributed by atoms with E-state index < -0.39 is 0 Å². The Bertz CT molecular complexity index is 430. The first-order chi connectivity index (χ1) is 8.97. The largest absolute Gasteiger partial charge is 0.508 e. The fourth-order valence-corrected chi connectivity index (χ4v) is 1.93. The van der Waals surface area contributed by atoms with Crippen LogP contribution in [0.2, 0.25) is 0 Å². The van der Waals surface area contributed by atoms with Gasteiger partial charge in [0, 0.05) is 30.8 Å². The van der Waals surface area contributed by atoms with E-state index in [1.54, 1.807) is 25.1 Å². The maximum absolute atomic E-state index is 12.5. The van der Waals surface area contributed by atoms with Gasteiger partial charge in [0.25, 0.3) is 5.91 Å². The molecule has 0 atom stereocenters. The van der Waals surface area contributed by atoms with Crippen LogP contribution in [0.5, 0.6) is 5.75 Å². The summed E-state index contributed by atoms with van der Waals surface area (Å²) in [6.07, 6.45) is 0.928. The molecule has 0 saturated heterocycles. The van der Waals surface area contributed by atoms with Crippen LogP contribution in [0.15, 0.2) is 18.2 Å². The van der Waals surface area contributed by atoms with Gasteiger partial charge in [-0.2, -0.15) is 0 Å². The van der Waals surface area contributed by atoms with Gasteiger partial charge in [0.1, 0.15) is 5.75 Å². The minimum Gasteiger partial charge on any atom is -0.508 e. The van der Waals surface area contributed by atoms with Crippen molar-refractivity contribution >= 4 is 5.91 Å². The smallest absolute Gasteiger partial charge is 0.254 e. The predicted molar refractivity (Wildman–Crippen MR) is 77.6 cm³/mol. The van der Waals surface area contributed by atoms with Crippen LogP contribution < -0.4 is 0 Å². The van der Waals surface area contributed by atoms with E-state index in [4.69, 9.17) is 0 Å². The van der Waals surface area contributed by atoms with Gasteiger partial charge < -0.3 is 14.9 Å². The minimum atomic E-state index is -0.00269. The number of likely N-dealkylation sites (N-methyl/N-ethyl adjacent to an activating group) is 1. The maximum atomic E-state index is 12.5. The lowest BCUT2D eigenvalue weighted by atomic mass is 10.1. The fourth-order valence-electron chi connectivity index (χ4n) is 1.93. The monoisotopic (exact) mass is 264 g/mol. The zero-order valence-corrected chi connectivity index (χ0v) is 12.3. The van der Waals surface area contributed by atoms with E-state index in [2.05, 4.69) is 11.8 Å². The highest BCUT2D eigenvalue weighted by atomic mass is 16.3. The zero-order valence-electron chi connectivity index (χ0n) is 12.3. The highest BCUT2D eigenvalue weighted by molar-refractivity contribution is 5.96. The van der Waals surface area contributed by atoms with Crippen LogP contribution in [0.1, 0.15) is 29.3 Å². The Hall–Kier alpha value is -1.55. The van der Waals surface area contributed by atoms with E-state index in [9.17, 15) is 9.90 Å². The molecular weight excluding hydrogens is 240 g/mol. The molecule has 0 bridgehead atoms. The number of hydrogen-bond donors (Lipinski definition) is 1. The Morgan fingerprint density at radius 3 is 2.47 bits per heavy atom. The molecule has 0 radical (unpaired) electrons. The second-order valence-electron chi connectivity index (χ2n) is 5.05. The molecule has 0 aliphatic heterocycles. The molecule has 4 nitrogen and oxygen atoms in total. The fraction of sp³-hybridized carbons (Fsp3) is 0.533. The van der Waals surface area contributed by atoms with E-state index >= 15 is 0 Å². The summed E-state index contributed by atoms with van der Waals surface area (Å²) < 4.78 is 0. The highest BCUT2D eigenvalue weighted by Crippen LogP contribution is 2.21. The molecular formula is C15H24N2O2. The Morgan fingerprint density at radius 1 is 1.21 bits per heavy atom. The van der Waals surface area contributed by atoms with Gasteiger partial charge in [-0.05, 0) is 39.6 Å². The van der Waals surface area contributed by atoms with E-state index in [-0.39, 0.29) is 11.7 Å². The van der Waals surface area contributed by atoms with Gasteiger partial charge >= 0.3 is 0 Å². The normalized spacial score (nSPS) is 10.8. The lowest BCUT2D eigenvalue weighted by Crippen LogP contribution is -2.37. The van der Waals surface area contributed by atoms with Crippen molar-refractivity contribution in [3.05, 3.63) is 29.3 Å². The summed E-state index contributed by atoms with van der Waals surface area (Å²) in [6.45, 7) is 6.12. The average molecular weight is 264 g/mol. The van der Waals surface area contributed by atoms with Crippen LogP contribution in [-0.2, 0) is 0 Å². The molecule has 0 aliphatic carbocycles.